The summed E-state index contributed by atoms with van der Waals surface area (Å²) in [5.41, 5.74) is 6.10. The molecule has 4 unspecified atom stereocenters. The fourth-order valence-electron chi connectivity index (χ4n) is 3.50. The van der Waals surface area contributed by atoms with Gasteiger partial charge in [-0.15, -0.1) is 11.3 Å². The Morgan fingerprint density at radius 2 is 2.24 bits per heavy atom. The van der Waals surface area contributed by atoms with Crippen LogP contribution in [0.15, 0.2) is 17.5 Å². The predicted octanol–water partition coefficient (Wildman–Crippen LogP) is 1.06. The third-order valence-electron chi connectivity index (χ3n) is 4.69. The molecular weight excluding hydrogens is 286 g/mol. The van der Waals surface area contributed by atoms with Crippen LogP contribution < -0.4 is 11.1 Å². The van der Waals surface area contributed by atoms with Crippen LogP contribution in [-0.2, 0) is 4.79 Å². The molecule has 5 nitrogen and oxygen atoms in total. The molecule has 0 bridgehead atoms. The maximum Gasteiger partial charge on any atom is 0.261 e. The van der Waals surface area contributed by atoms with Crippen molar-refractivity contribution in [1.29, 1.82) is 0 Å². The third-order valence-corrected chi connectivity index (χ3v) is 5.56. The second-order valence-corrected chi connectivity index (χ2v) is 7.03. The fraction of sp³-hybridized carbons (Fsp3) is 0.600. The van der Waals surface area contributed by atoms with Crippen molar-refractivity contribution in [3.63, 3.8) is 0 Å². The zero-order valence-electron chi connectivity index (χ0n) is 12.1. The summed E-state index contributed by atoms with van der Waals surface area (Å²) in [6.45, 7) is 3.28. The first-order valence-corrected chi connectivity index (χ1v) is 8.33. The molecule has 2 heterocycles. The molecule has 2 aliphatic rings. The van der Waals surface area contributed by atoms with Gasteiger partial charge in [0.25, 0.3) is 5.91 Å². The van der Waals surface area contributed by atoms with Crippen LogP contribution in [0.2, 0.25) is 0 Å². The van der Waals surface area contributed by atoms with Gasteiger partial charge in [0.05, 0.1) is 4.88 Å². The summed E-state index contributed by atoms with van der Waals surface area (Å²) in [7, 11) is 0. The molecule has 0 radical (unpaired) electrons. The Balaban J connectivity index is 1.57. The number of hydrogen-bond acceptors (Lipinski definition) is 4. The van der Waals surface area contributed by atoms with Crippen molar-refractivity contribution in [1.82, 2.24) is 10.2 Å². The summed E-state index contributed by atoms with van der Waals surface area (Å²) in [5, 5.41) is 4.64. The molecule has 6 heteroatoms. The van der Waals surface area contributed by atoms with E-state index in [1.807, 2.05) is 16.3 Å². The Labute approximate surface area is 128 Å². The molecule has 1 saturated heterocycles. The molecule has 2 amide bonds. The maximum absolute atomic E-state index is 12.5. The van der Waals surface area contributed by atoms with E-state index in [9.17, 15) is 9.59 Å². The third kappa shape index (κ3) is 2.82. The summed E-state index contributed by atoms with van der Waals surface area (Å²) < 4.78 is 0. The van der Waals surface area contributed by atoms with Gasteiger partial charge in [-0.05, 0) is 43.0 Å². The lowest BCUT2D eigenvalue weighted by molar-refractivity contribution is -0.132. The first-order chi connectivity index (χ1) is 10.1. The lowest BCUT2D eigenvalue weighted by atomic mass is 9.98. The van der Waals surface area contributed by atoms with E-state index in [1.165, 1.54) is 11.3 Å². The number of carbonyl (C=O) groups is 2. The number of likely N-dealkylation sites (tertiary alicyclic amines) is 1. The highest BCUT2D eigenvalue weighted by Crippen LogP contribution is 2.37. The van der Waals surface area contributed by atoms with E-state index in [0.717, 1.165) is 25.9 Å². The monoisotopic (exact) mass is 307 g/mol. The van der Waals surface area contributed by atoms with Gasteiger partial charge < -0.3 is 16.0 Å². The molecule has 0 aromatic carbocycles. The van der Waals surface area contributed by atoms with Crippen molar-refractivity contribution < 1.29 is 9.59 Å². The van der Waals surface area contributed by atoms with Gasteiger partial charge in [0.1, 0.15) is 6.04 Å². The molecule has 1 aromatic rings. The SMILES string of the molecule is CC(NC(=O)c1cccs1)C(=O)N1CC2CCC(N)C2C1. The number of thiophene rings is 1. The van der Waals surface area contributed by atoms with Crippen molar-refractivity contribution in [3.05, 3.63) is 22.4 Å². The van der Waals surface area contributed by atoms with Crippen molar-refractivity contribution in [2.45, 2.75) is 31.8 Å². The maximum atomic E-state index is 12.5. The van der Waals surface area contributed by atoms with Gasteiger partial charge in [0, 0.05) is 19.1 Å². The van der Waals surface area contributed by atoms with Gasteiger partial charge in [-0.3, -0.25) is 9.59 Å². The topological polar surface area (TPSA) is 75.4 Å². The van der Waals surface area contributed by atoms with Crippen LogP contribution in [0.4, 0.5) is 0 Å². The molecule has 1 aliphatic heterocycles. The first-order valence-electron chi connectivity index (χ1n) is 7.45. The van der Waals surface area contributed by atoms with E-state index in [0.29, 0.717) is 16.7 Å². The Kier molecular flexibility index (Phi) is 3.99. The summed E-state index contributed by atoms with van der Waals surface area (Å²) >= 11 is 1.38. The van der Waals surface area contributed by atoms with Crippen molar-refractivity contribution in [2.75, 3.05) is 13.1 Å². The number of nitrogens with one attached hydrogen (secondary N) is 1. The van der Waals surface area contributed by atoms with Crippen LogP contribution >= 0.6 is 11.3 Å². The summed E-state index contributed by atoms with van der Waals surface area (Å²) in [6, 6.07) is 3.32. The predicted molar refractivity (Wildman–Crippen MR) is 82.0 cm³/mol. The van der Waals surface area contributed by atoms with E-state index in [1.54, 1.807) is 13.0 Å². The Bertz CT molecular complexity index is 531. The average Bonchev–Trinajstić information content (AvgIpc) is 3.16. The average molecular weight is 307 g/mol. The minimum absolute atomic E-state index is 0.00139. The first kappa shape index (κ1) is 14.5. The number of rotatable bonds is 3. The molecule has 1 aliphatic carbocycles. The molecule has 0 spiro atoms. The van der Waals surface area contributed by atoms with Crippen LogP contribution in [0.5, 0.6) is 0 Å². The van der Waals surface area contributed by atoms with Crippen molar-refractivity contribution >= 4 is 23.2 Å². The minimum Gasteiger partial charge on any atom is -0.340 e. The zero-order chi connectivity index (χ0) is 15.0. The molecule has 4 atom stereocenters. The summed E-state index contributed by atoms with van der Waals surface area (Å²) in [6.07, 6.45) is 2.19. The van der Waals surface area contributed by atoms with Crippen LogP contribution in [0.1, 0.15) is 29.4 Å². The summed E-state index contributed by atoms with van der Waals surface area (Å²) in [5.74, 6) is 0.807. The van der Waals surface area contributed by atoms with Crippen LogP contribution in [0.25, 0.3) is 0 Å². The van der Waals surface area contributed by atoms with E-state index in [2.05, 4.69) is 5.32 Å². The van der Waals surface area contributed by atoms with E-state index < -0.39 is 6.04 Å². The largest absolute Gasteiger partial charge is 0.340 e. The molecule has 21 heavy (non-hydrogen) atoms. The number of carbonyl (C=O) groups excluding carboxylic acids is 2. The van der Waals surface area contributed by atoms with Crippen molar-refractivity contribution in [3.8, 4) is 0 Å². The second kappa shape index (κ2) is 5.77. The van der Waals surface area contributed by atoms with Crippen LogP contribution in [0.3, 0.4) is 0 Å². The summed E-state index contributed by atoms with van der Waals surface area (Å²) in [4.78, 5) is 27.0. The second-order valence-electron chi connectivity index (χ2n) is 6.08. The number of nitrogens with two attached hydrogens (primary N) is 1. The molecule has 2 fully saturated rings. The van der Waals surface area contributed by atoms with Gasteiger partial charge in [-0.2, -0.15) is 0 Å². The number of hydrogen-bond donors (Lipinski definition) is 2. The highest BCUT2D eigenvalue weighted by atomic mass is 32.1. The highest BCUT2D eigenvalue weighted by molar-refractivity contribution is 7.12. The fourth-order valence-corrected chi connectivity index (χ4v) is 4.13. The van der Waals surface area contributed by atoms with Gasteiger partial charge in [0.15, 0.2) is 0 Å². The highest BCUT2D eigenvalue weighted by Gasteiger charge is 2.43. The van der Waals surface area contributed by atoms with Gasteiger partial charge in [-0.25, -0.2) is 0 Å². The Morgan fingerprint density at radius 3 is 2.90 bits per heavy atom. The standard InChI is InChI=1S/C15H21N3O2S/c1-9(17-14(19)13-3-2-6-21-13)15(20)18-7-10-4-5-12(16)11(10)8-18/h2-3,6,9-12H,4-5,7-8,16H2,1H3,(H,17,19). The number of nitrogens with zero attached hydrogens (tertiary/aromatic N) is 1. The normalized spacial score (nSPS) is 29.2. The number of amides is 2. The molecule has 114 valence electrons. The Hall–Kier alpha value is -1.40. The lowest BCUT2D eigenvalue weighted by Gasteiger charge is -2.23. The molecule has 1 aromatic heterocycles. The molecule has 1 saturated carbocycles. The Morgan fingerprint density at radius 1 is 1.43 bits per heavy atom. The lowest BCUT2D eigenvalue weighted by Crippen LogP contribution is -2.46. The molecule has 3 N–H and O–H groups in total. The van der Waals surface area contributed by atoms with Gasteiger partial charge >= 0.3 is 0 Å². The van der Waals surface area contributed by atoms with Crippen molar-refractivity contribution in [2.24, 2.45) is 17.6 Å². The van der Waals surface area contributed by atoms with E-state index >= 15 is 0 Å². The quantitative estimate of drug-likeness (QED) is 0.877. The smallest absolute Gasteiger partial charge is 0.261 e. The zero-order valence-corrected chi connectivity index (χ0v) is 12.9. The molecular formula is C15H21N3O2S. The van der Waals surface area contributed by atoms with Crippen LogP contribution in [0, 0.1) is 11.8 Å². The van der Waals surface area contributed by atoms with Gasteiger partial charge in [-0.1, -0.05) is 6.07 Å². The number of fused-ring (bicyclic) bond motifs is 1. The van der Waals surface area contributed by atoms with Crippen LogP contribution in [-0.4, -0.2) is 41.9 Å². The van der Waals surface area contributed by atoms with Gasteiger partial charge in [0.2, 0.25) is 5.91 Å². The minimum atomic E-state index is -0.491. The molecule has 3 rings (SSSR count). The van der Waals surface area contributed by atoms with E-state index in [-0.39, 0.29) is 17.9 Å². The van der Waals surface area contributed by atoms with E-state index in [4.69, 9.17) is 5.73 Å².